The highest BCUT2D eigenvalue weighted by molar-refractivity contribution is 5.79. The largest absolute Gasteiger partial charge is 0.353 e. The third kappa shape index (κ3) is 3.66. The molecule has 0 unspecified atom stereocenters. The molecule has 1 aliphatic carbocycles. The summed E-state index contributed by atoms with van der Waals surface area (Å²) >= 11 is 0. The Kier molecular flexibility index (Phi) is 5.05. The summed E-state index contributed by atoms with van der Waals surface area (Å²) in [7, 11) is 0. The van der Waals surface area contributed by atoms with Crippen molar-refractivity contribution in [2.45, 2.75) is 39.5 Å². The van der Waals surface area contributed by atoms with Crippen LogP contribution in [0, 0.1) is 19.8 Å². The zero-order chi connectivity index (χ0) is 18.8. The van der Waals surface area contributed by atoms with Crippen molar-refractivity contribution in [3.63, 3.8) is 0 Å². The van der Waals surface area contributed by atoms with Gasteiger partial charge in [0.15, 0.2) is 5.82 Å². The van der Waals surface area contributed by atoms with Crippen LogP contribution in [0.15, 0.2) is 24.4 Å². The Morgan fingerprint density at radius 3 is 2.44 bits per heavy atom. The Bertz CT molecular complexity index is 809. The minimum atomic E-state index is 0.260. The number of hydrogen-bond donors (Lipinski definition) is 0. The van der Waals surface area contributed by atoms with Gasteiger partial charge in [-0.25, -0.2) is 9.97 Å². The van der Waals surface area contributed by atoms with E-state index >= 15 is 0 Å². The molecule has 0 atom stereocenters. The first-order chi connectivity index (χ1) is 13.1. The van der Waals surface area contributed by atoms with Gasteiger partial charge in [-0.15, -0.1) is 0 Å². The third-order valence-electron chi connectivity index (χ3n) is 5.85. The summed E-state index contributed by atoms with van der Waals surface area (Å²) in [5.74, 6) is 2.25. The molecule has 0 bridgehead atoms. The number of carbonyl (C=O) groups excluding carboxylic acids is 1. The van der Waals surface area contributed by atoms with Gasteiger partial charge in [0.1, 0.15) is 11.5 Å². The summed E-state index contributed by atoms with van der Waals surface area (Å²) < 4.78 is 0. The zero-order valence-corrected chi connectivity index (χ0v) is 16.2. The lowest BCUT2D eigenvalue weighted by molar-refractivity contribution is -0.135. The fourth-order valence-corrected chi connectivity index (χ4v) is 4.10. The topological polar surface area (TPSA) is 62.2 Å². The number of anilines is 1. The molecule has 6 nitrogen and oxygen atoms in total. The smallest absolute Gasteiger partial charge is 0.225 e. The lowest BCUT2D eigenvalue weighted by Crippen LogP contribution is -2.50. The van der Waals surface area contributed by atoms with Crippen molar-refractivity contribution in [3.05, 3.63) is 35.7 Å². The second kappa shape index (κ2) is 7.62. The molecule has 1 saturated heterocycles. The van der Waals surface area contributed by atoms with Crippen LogP contribution in [0.3, 0.4) is 0 Å². The Labute approximate surface area is 160 Å². The first-order valence-electron chi connectivity index (χ1n) is 9.94. The number of carbonyl (C=O) groups is 1. The number of pyridine rings is 1. The molecule has 2 aliphatic rings. The van der Waals surface area contributed by atoms with E-state index in [4.69, 9.17) is 4.98 Å². The van der Waals surface area contributed by atoms with E-state index in [1.165, 1.54) is 12.8 Å². The lowest BCUT2D eigenvalue weighted by Gasteiger charge is -2.37. The predicted octanol–water partition coefficient (Wildman–Crippen LogP) is 2.99. The second-order valence-electron chi connectivity index (χ2n) is 7.59. The monoisotopic (exact) mass is 365 g/mol. The molecular weight excluding hydrogens is 338 g/mol. The summed E-state index contributed by atoms with van der Waals surface area (Å²) in [5, 5.41) is 0. The highest BCUT2D eigenvalue weighted by atomic mass is 16.2. The molecule has 6 heteroatoms. The van der Waals surface area contributed by atoms with Crippen LogP contribution in [0.4, 0.5) is 5.82 Å². The average Bonchev–Trinajstić information content (AvgIpc) is 3.25. The van der Waals surface area contributed by atoms with E-state index in [2.05, 4.69) is 26.7 Å². The second-order valence-corrected chi connectivity index (χ2v) is 7.59. The van der Waals surface area contributed by atoms with Crippen LogP contribution in [0.25, 0.3) is 11.5 Å². The van der Waals surface area contributed by atoms with Gasteiger partial charge in [0.05, 0.1) is 0 Å². The molecule has 0 N–H and O–H groups in total. The molecule has 0 spiro atoms. The van der Waals surface area contributed by atoms with Crippen LogP contribution in [-0.4, -0.2) is 51.9 Å². The van der Waals surface area contributed by atoms with Gasteiger partial charge in [-0.05, 0) is 38.8 Å². The number of hydrogen-bond acceptors (Lipinski definition) is 5. The summed E-state index contributed by atoms with van der Waals surface area (Å²) in [5.41, 5.74) is 2.87. The maximum absolute atomic E-state index is 12.7. The van der Waals surface area contributed by atoms with Gasteiger partial charge in [0, 0.05) is 49.6 Å². The summed E-state index contributed by atoms with van der Waals surface area (Å²) in [6.45, 7) is 7.28. The standard InChI is InChI=1S/C21H27N5O/c1-15-16(2)23-19(18-9-5-6-10-22-18)24-20(15)25-11-13-26(14-12-25)21(27)17-7-3-4-8-17/h5-6,9-10,17H,3-4,7-8,11-14H2,1-2H3. The van der Waals surface area contributed by atoms with E-state index in [1.807, 2.05) is 25.1 Å². The normalized spacial score (nSPS) is 18.1. The van der Waals surface area contributed by atoms with Crippen LogP contribution >= 0.6 is 0 Å². The molecule has 2 aromatic heterocycles. The third-order valence-corrected chi connectivity index (χ3v) is 5.85. The minimum absolute atomic E-state index is 0.260. The van der Waals surface area contributed by atoms with Gasteiger partial charge in [0.2, 0.25) is 5.91 Å². The molecule has 1 aliphatic heterocycles. The van der Waals surface area contributed by atoms with Gasteiger partial charge in [-0.2, -0.15) is 0 Å². The number of aryl methyl sites for hydroxylation is 1. The van der Waals surface area contributed by atoms with Crippen molar-refractivity contribution >= 4 is 11.7 Å². The maximum atomic E-state index is 12.7. The molecule has 142 valence electrons. The van der Waals surface area contributed by atoms with Crippen molar-refractivity contribution in [1.82, 2.24) is 19.9 Å². The fourth-order valence-electron chi connectivity index (χ4n) is 4.10. The van der Waals surface area contributed by atoms with Crippen LogP contribution in [-0.2, 0) is 4.79 Å². The average molecular weight is 365 g/mol. The Balaban J connectivity index is 1.51. The van der Waals surface area contributed by atoms with E-state index < -0.39 is 0 Å². The van der Waals surface area contributed by atoms with Crippen LogP contribution < -0.4 is 4.90 Å². The van der Waals surface area contributed by atoms with Gasteiger partial charge in [0.25, 0.3) is 0 Å². The van der Waals surface area contributed by atoms with Crippen molar-refractivity contribution in [2.24, 2.45) is 5.92 Å². The number of piperazine rings is 1. The van der Waals surface area contributed by atoms with Gasteiger partial charge < -0.3 is 9.80 Å². The van der Waals surface area contributed by atoms with Gasteiger partial charge in [-0.3, -0.25) is 9.78 Å². The molecule has 4 rings (SSSR count). The van der Waals surface area contributed by atoms with Crippen molar-refractivity contribution in [2.75, 3.05) is 31.1 Å². The Hall–Kier alpha value is -2.50. The first-order valence-corrected chi connectivity index (χ1v) is 9.94. The number of rotatable bonds is 3. The molecule has 0 radical (unpaired) electrons. The molecule has 2 fully saturated rings. The molecule has 27 heavy (non-hydrogen) atoms. The van der Waals surface area contributed by atoms with Crippen molar-refractivity contribution in [3.8, 4) is 11.5 Å². The molecule has 1 amide bonds. The zero-order valence-electron chi connectivity index (χ0n) is 16.2. The van der Waals surface area contributed by atoms with Crippen LogP contribution in [0.1, 0.15) is 36.9 Å². The summed E-state index contributed by atoms with van der Waals surface area (Å²) in [6.07, 6.45) is 6.30. The fraction of sp³-hybridized carbons (Fsp3) is 0.524. The molecular formula is C21H27N5O. The molecule has 2 aromatic rings. The number of nitrogens with zero attached hydrogens (tertiary/aromatic N) is 5. The summed E-state index contributed by atoms with van der Waals surface area (Å²) in [4.78, 5) is 30.9. The maximum Gasteiger partial charge on any atom is 0.225 e. The highest BCUT2D eigenvalue weighted by Gasteiger charge is 2.30. The lowest BCUT2D eigenvalue weighted by atomic mass is 10.1. The predicted molar refractivity (Wildman–Crippen MR) is 105 cm³/mol. The van der Waals surface area contributed by atoms with E-state index in [0.717, 1.165) is 61.8 Å². The SMILES string of the molecule is Cc1nc(-c2ccccn2)nc(N2CCN(C(=O)C3CCCC3)CC2)c1C. The molecule has 3 heterocycles. The van der Waals surface area contributed by atoms with E-state index in [1.54, 1.807) is 6.20 Å². The van der Waals surface area contributed by atoms with Crippen molar-refractivity contribution in [1.29, 1.82) is 0 Å². The summed E-state index contributed by atoms with van der Waals surface area (Å²) in [6, 6.07) is 5.78. The first kappa shape index (κ1) is 17.9. The van der Waals surface area contributed by atoms with E-state index in [0.29, 0.717) is 11.7 Å². The number of amides is 1. The van der Waals surface area contributed by atoms with Crippen molar-refractivity contribution < 1.29 is 4.79 Å². The minimum Gasteiger partial charge on any atom is -0.353 e. The Morgan fingerprint density at radius 1 is 1.04 bits per heavy atom. The van der Waals surface area contributed by atoms with E-state index in [-0.39, 0.29) is 5.92 Å². The van der Waals surface area contributed by atoms with E-state index in [9.17, 15) is 4.79 Å². The van der Waals surface area contributed by atoms with Crippen LogP contribution in [0.2, 0.25) is 0 Å². The molecule has 0 aromatic carbocycles. The molecule has 1 saturated carbocycles. The van der Waals surface area contributed by atoms with Crippen LogP contribution in [0.5, 0.6) is 0 Å². The van der Waals surface area contributed by atoms with Gasteiger partial charge in [-0.1, -0.05) is 18.9 Å². The number of aromatic nitrogens is 3. The Morgan fingerprint density at radius 2 is 1.78 bits per heavy atom. The quantitative estimate of drug-likeness (QED) is 0.837. The van der Waals surface area contributed by atoms with Gasteiger partial charge >= 0.3 is 0 Å². The highest BCUT2D eigenvalue weighted by Crippen LogP contribution is 2.28.